The number of pyridine rings is 1. The maximum absolute atomic E-state index is 12.1. The van der Waals surface area contributed by atoms with Gasteiger partial charge in [-0.2, -0.15) is 5.26 Å². The summed E-state index contributed by atoms with van der Waals surface area (Å²) in [5.74, 6) is 0. The number of nitriles is 1. The van der Waals surface area contributed by atoms with Crippen LogP contribution in [0.5, 0.6) is 0 Å². The average molecular weight is 303 g/mol. The molecule has 0 saturated carbocycles. The summed E-state index contributed by atoms with van der Waals surface area (Å²) in [7, 11) is 0. The molecule has 2 heterocycles. The fraction of sp³-hybridized carbons (Fsp3) is 0.562. The van der Waals surface area contributed by atoms with Gasteiger partial charge >= 0.3 is 6.09 Å². The molecule has 1 amide bonds. The number of nitrogens with zero attached hydrogens (tertiary/aromatic N) is 3. The Hall–Kier alpha value is -2.13. The zero-order chi connectivity index (χ0) is 16.4. The number of ether oxygens (including phenoxy) is 1. The molecule has 0 spiro atoms. The van der Waals surface area contributed by atoms with E-state index in [0.29, 0.717) is 18.7 Å². The number of hydrogen-bond acceptors (Lipinski definition) is 5. The Bertz CT molecular complexity index is 577. The van der Waals surface area contributed by atoms with Gasteiger partial charge in [0.05, 0.1) is 24.4 Å². The summed E-state index contributed by atoms with van der Waals surface area (Å²) < 4.78 is 5.31. The van der Waals surface area contributed by atoms with Crippen LogP contribution >= 0.6 is 0 Å². The fourth-order valence-electron chi connectivity index (χ4n) is 2.54. The SMILES string of the molecule is CC(C)(C)OC(=O)N1CCC(C#N)(c2ccccn2)C(O)C1. The summed E-state index contributed by atoms with van der Waals surface area (Å²) in [5.41, 5.74) is -1.14. The topological polar surface area (TPSA) is 86.5 Å². The molecule has 2 atom stereocenters. The van der Waals surface area contributed by atoms with Gasteiger partial charge in [0.2, 0.25) is 0 Å². The second kappa shape index (κ2) is 5.93. The van der Waals surface area contributed by atoms with E-state index in [1.54, 1.807) is 45.2 Å². The number of rotatable bonds is 1. The van der Waals surface area contributed by atoms with Crippen molar-refractivity contribution in [2.75, 3.05) is 13.1 Å². The number of carbonyl (C=O) groups is 1. The van der Waals surface area contributed by atoms with Gasteiger partial charge in [-0.1, -0.05) is 6.07 Å². The predicted octanol–water partition coefficient (Wildman–Crippen LogP) is 1.84. The van der Waals surface area contributed by atoms with E-state index < -0.39 is 23.2 Å². The van der Waals surface area contributed by atoms with Crippen LogP contribution in [0, 0.1) is 11.3 Å². The quantitative estimate of drug-likeness (QED) is 0.855. The summed E-state index contributed by atoms with van der Waals surface area (Å²) in [5, 5.41) is 20.1. The predicted molar refractivity (Wildman–Crippen MR) is 80.0 cm³/mol. The summed E-state index contributed by atoms with van der Waals surface area (Å²) >= 11 is 0. The first-order chi connectivity index (χ1) is 10.3. The number of aliphatic hydroxyl groups is 1. The normalized spacial score (nSPS) is 25.4. The molecule has 1 N–H and O–H groups in total. The first kappa shape index (κ1) is 16.2. The zero-order valence-electron chi connectivity index (χ0n) is 13.1. The molecular formula is C16H21N3O3. The lowest BCUT2D eigenvalue weighted by molar-refractivity contribution is -0.0126. The van der Waals surface area contributed by atoms with Gasteiger partial charge in [0.1, 0.15) is 11.0 Å². The fourth-order valence-corrected chi connectivity index (χ4v) is 2.54. The number of hydrogen-bond donors (Lipinski definition) is 1. The highest BCUT2D eigenvalue weighted by atomic mass is 16.6. The van der Waals surface area contributed by atoms with E-state index >= 15 is 0 Å². The van der Waals surface area contributed by atoms with E-state index in [0.717, 1.165) is 0 Å². The smallest absolute Gasteiger partial charge is 0.410 e. The van der Waals surface area contributed by atoms with Crippen LogP contribution in [0.15, 0.2) is 24.4 Å². The molecule has 1 aliphatic heterocycles. The van der Waals surface area contributed by atoms with Crippen molar-refractivity contribution in [2.24, 2.45) is 0 Å². The number of likely N-dealkylation sites (tertiary alicyclic amines) is 1. The number of β-amino-alcohol motifs (C(OH)–C–C–N with tert-alkyl or cyclic N) is 1. The largest absolute Gasteiger partial charge is 0.444 e. The van der Waals surface area contributed by atoms with Gasteiger partial charge in [0.15, 0.2) is 0 Å². The lowest BCUT2D eigenvalue weighted by Gasteiger charge is -2.41. The van der Waals surface area contributed by atoms with Gasteiger partial charge in [-0.3, -0.25) is 4.98 Å². The van der Waals surface area contributed by atoms with Gasteiger partial charge in [0.25, 0.3) is 0 Å². The summed E-state index contributed by atoms with van der Waals surface area (Å²) in [4.78, 5) is 17.7. The summed E-state index contributed by atoms with van der Waals surface area (Å²) in [6, 6.07) is 7.48. The molecule has 6 heteroatoms. The second-order valence-corrected chi connectivity index (χ2v) is 6.49. The number of aliphatic hydroxyl groups excluding tert-OH is 1. The van der Waals surface area contributed by atoms with Gasteiger partial charge in [-0.25, -0.2) is 4.79 Å². The van der Waals surface area contributed by atoms with Crippen LogP contribution in [0.1, 0.15) is 32.9 Å². The van der Waals surface area contributed by atoms with Crippen molar-refractivity contribution < 1.29 is 14.6 Å². The van der Waals surface area contributed by atoms with Crippen molar-refractivity contribution in [1.29, 1.82) is 5.26 Å². The van der Waals surface area contributed by atoms with Crippen LogP contribution in [-0.2, 0) is 10.2 Å². The molecule has 118 valence electrons. The Balaban J connectivity index is 2.16. The lowest BCUT2D eigenvalue weighted by atomic mass is 9.74. The Kier molecular flexibility index (Phi) is 4.38. The van der Waals surface area contributed by atoms with Crippen LogP contribution in [0.3, 0.4) is 0 Å². The van der Waals surface area contributed by atoms with E-state index in [1.165, 1.54) is 4.90 Å². The van der Waals surface area contributed by atoms with Gasteiger partial charge < -0.3 is 14.7 Å². The molecule has 0 bridgehead atoms. The molecule has 0 aromatic carbocycles. The molecule has 1 aromatic heterocycles. The lowest BCUT2D eigenvalue weighted by Crippen LogP contribution is -2.55. The third-order valence-corrected chi connectivity index (χ3v) is 3.71. The maximum atomic E-state index is 12.1. The average Bonchev–Trinajstić information content (AvgIpc) is 2.46. The molecule has 1 saturated heterocycles. The zero-order valence-corrected chi connectivity index (χ0v) is 13.1. The minimum absolute atomic E-state index is 0.0546. The van der Waals surface area contributed by atoms with Gasteiger partial charge in [-0.05, 0) is 39.3 Å². The Morgan fingerprint density at radius 1 is 1.55 bits per heavy atom. The monoisotopic (exact) mass is 303 g/mol. The minimum atomic E-state index is -1.08. The third kappa shape index (κ3) is 3.20. The molecule has 1 aliphatic rings. The van der Waals surface area contributed by atoms with Crippen molar-refractivity contribution in [3.63, 3.8) is 0 Å². The van der Waals surface area contributed by atoms with Crippen LogP contribution < -0.4 is 0 Å². The van der Waals surface area contributed by atoms with Crippen LogP contribution in [0.4, 0.5) is 4.79 Å². The molecule has 0 aliphatic carbocycles. The van der Waals surface area contributed by atoms with Gasteiger partial charge in [0, 0.05) is 12.7 Å². The summed E-state index contributed by atoms with van der Waals surface area (Å²) in [6.45, 7) is 5.77. The minimum Gasteiger partial charge on any atom is -0.444 e. The van der Waals surface area contributed by atoms with Crippen LogP contribution in [0.2, 0.25) is 0 Å². The van der Waals surface area contributed by atoms with Crippen molar-refractivity contribution in [3.8, 4) is 6.07 Å². The molecule has 0 radical (unpaired) electrons. The van der Waals surface area contributed by atoms with E-state index in [4.69, 9.17) is 4.74 Å². The first-order valence-corrected chi connectivity index (χ1v) is 7.27. The van der Waals surface area contributed by atoms with Crippen molar-refractivity contribution in [3.05, 3.63) is 30.1 Å². The number of piperidine rings is 1. The van der Waals surface area contributed by atoms with E-state index in [2.05, 4.69) is 11.1 Å². The molecule has 6 nitrogen and oxygen atoms in total. The van der Waals surface area contributed by atoms with Gasteiger partial charge in [-0.15, -0.1) is 0 Å². The standard InChI is InChI=1S/C16H21N3O3/c1-15(2,3)22-14(21)19-9-7-16(11-17,13(20)10-19)12-6-4-5-8-18-12/h4-6,8,13,20H,7,9-10H2,1-3H3. The Labute approximate surface area is 130 Å². The third-order valence-electron chi connectivity index (χ3n) is 3.71. The van der Waals surface area contributed by atoms with Crippen LogP contribution in [0.25, 0.3) is 0 Å². The van der Waals surface area contributed by atoms with Crippen molar-refractivity contribution in [1.82, 2.24) is 9.88 Å². The first-order valence-electron chi connectivity index (χ1n) is 7.27. The van der Waals surface area contributed by atoms with E-state index in [9.17, 15) is 15.2 Å². The number of aromatic nitrogens is 1. The number of amides is 1. The van der Waals surface area contributed by atoms with Crippen LogP contribution in [-0.4, -0.2) is 45.9 Å². The highest BCUT2D eigenvalue weighted by Crippen LogP contribution is 2.34. The molecule has 22 heavy (non-hydrogen) atoms. The van der Waals surface area contributed by atoms with E-state index in [-0.39, 0.29) is 6.54 Å². The highest BCUT2D eigenvalue weighted by molar-refractivity contribution is 5.68. The van der Waals surface area contributed by atoms with Crippen molar-refractivity contribution in [2.45, 2.75) is 44.3 Å². The molecule has 1 aromatic rings. The molecular weight excluding hydrogens is 282 g/mol. The highest BCUT2D eigenvalue weighted by Gasteiger charge is 2.46. The Morgan fingerprint density at radius 3 is 2.77 bits per heavy atom. The molecule has 1 fully saturated rings. The number of carbonyl (C=O) groups excluding carboxylic acids is 1. The summed E-state index contributed by atoms with van der Waals surface area (Å²) in [6.07, 6.45) is 0.440. The molecule has 2 rings (SSSR count). The maximum Gasteiger partial charge on any atom is 0.410 e. The molecule has 2 unspecified atom stereocenters. The Morgan fingerprint density at radius 2 is 2.27 bits per heavy atom. The van der Waals surface area contributed by atoms with Crippen molar-refractivity contribution >= 4 is 6.09 Å². The second-order valence-electron chi connectivity index (χ2n) is 6.49. The van der Waals surface area contributed by atoms with E-state index in [1.807, 2.05) is 0 Å².